The number of carbonyl (C=O) groups excluding carboxylic acids is 1. The molecule has 11 heavy (non-hydrogen) atoms. The molecule has 1 unspecified atom stereocenters. The first-order valence-corrected chi connectivity index (χ1v) is 3.96. The Balaban J connectivity index is 2.48. The minimum atomic E-state index is -0.0874. The topological polar surface area (TPSA) is 42.9 Å². The second kappa shape index (κ2) is 2.81. The van der Waals surface area contributed by atoms with Gasteiger partial charge in [-0.3, -0.25) is 0 Å². The Labute approximate surface area is 67.1 Å². The third-order valence-electron chi connectivity index (χ3n) is 2.23. The molecule has 1 saturated heterocycles. The van der Waals surface area contributed by atoms with E-state index in [9.17, 15) is 4.79 Å². The van der Waals surface area contributed by atoms with Gasteiger partial charge in [0.05, 0.1) is 13.7 Å². The van der Waals surface area contributed by atoms with E-state index in [1.54, 1.807) is 0 Å². The second-order valence-corrected chi connectivity index (χ2v) is 3.94. The van der Waals surface area contributed by atoms with Crippen molar-refractivity contribution in [2.24, 2.45) is 5.41 Å². The molecule has 2 N–H and O–H groups in total. The van der Waals surface area contributed by atoms with Gasteiger partial charge < -0.3 is 10.1 Å². The molecule has 1 aliphatic rings. The van der Waals surface area contributed by atoms with Gasteiger partial charge in [-0.05, 0) is 0 Å². The quantitative estimate of drug-likeness (QED) is 0.524. The van der Waals surface area contributed by atoms with Crippen molar-refractivity contribution >= 4 is 5.97 Å². The molecule has 0 saturated carbocycles. The van der Waals surface area contributed by atoms with Gasteiger partial charge >= 0.3 is 5.97 Å². The highest BCUT2D eigenvalue weighted by Gasteiger charge is 2.39. The zero-order valence-electron chi connectivity index (χ0n) is 7.39. The van der Waals surface area contributed by atoms with Crippen LogP contribution in [-0.2, 0) is 9.53 Å². The highest BCUT2D eigenvalue weighted by atomic mass is 16.5. The highest BCUT2D eigenvalue weighted by molar-refractivity contribution is 5.74. The van der Waals surface area contributed by atoms with Gasteiger partial charge in [0.2, 0.25) is 0 Å². The van der Waals surface area contributed by atoms with Crippen molar-refractivity contribution < 1.29 is 14.8 Å². The molecule has 1 aliphatic heterocycles. The van der Waals surface area contributed by atoms with E-state index in [2.05, 4.69) is 23.9 Å². The summed E-state index contributed by atoms with van der Waals surface area (Å²) in [5, 5.41) is 2.06. The number of ether oxygens (including phenoxy) is 1. The molecule has 0 radical (unpaired) electrons. The van der Waals surface area contributed by atoms with Crippen molar-refractivity contribution in [2.75, 3.05) is 13.7 Å². The van der Waals surface area contributed by atoms with Crippen LogP contribution in [0.25, 0.3) is 0 Å². The number of methoxy groups -OCH3 is 1. The normalized spacial score (nSPS) is 28.5. The Kier molecular flexibility index (Phi) is 2.18. The molecule has 1 heterocycles. The average molecular weight is 158 g/mol. The maximum absolute atomic E-state index is 11.0. The van der Waals surface area contributed by atoms with Crippen LogP contribution in [0.3, 0.4) is 0 Å². The second-order valence-electron chi connectivity index (χ2n) is 3.94. The lowest BCUT2D eigenvalue weighted by Gasteiger charge is -2.10. The van der Waals surface area contributed by atoms with Crippen molar-refractivity contribution in [1.29, 1.82) is 0 Å². The van der Waals surface area contributed by atoms with Crippen molar-refractivity contribution in [3.05, 3.63) is 0 Å². The van der Waals surface area contributed by atoms with Gasteiger partial charge in [0, 0.05) is 11.8 Å². The molecule has 64 valence electrons. The van der Waals surface area contributed by atoms with E-state index in [1.807, 2.05) is 0 Å². The van der Waals surface area contributed by atoms with Crippen molar-refractivity contribution in [1.82, 2.24) is 0 Å². The van der Waals surface area contributed by atoms with Crippen LogP contribution in [0.2, 0.25) is 0 Å². The minimum absolute atomic E-state index is 0.0370. The standard InChI is InChI=1S/C8H15NO2/c1-8(2)4-6(9-5-8)7(10)11-3/h6,9H,4-5H2,1-3H3/p+1. The SMILES string of the molecule is COC(=O)C1CC(C)(C)C[NH2+]1. The summed E-state index contributed by atoms with van der Waals surface area (Å²) in [5.74, 6) is -0.0874. The molecule has 0 amide bonds. The van der Waals surface area contributed by atoms with Crippen LogP contribution < -0.4 is 5.32 Å². The predicted octanol–water partition coefficient (Wildman–Crippen LogP) is -0.479. The van der Waals surface area contributed by atoms with Gasteiger partial charge in [-0.25, -0.2) is 4.79 Å². The molecule has 0 spiro atoms. The fourth-order valence-electron chi connectivity index (χ4n) is 1.55. The molecule has 0 aromatic rings. The fourth-order valence-corrected chi connectivity index (χ4v) is 1.55. The number of rotatable bonds is 1. The number of nitrogens with two attached hydrogens (primary N) is 1. The van der Waals surface area contributed by atoms with E-state index in [0.717, 1.165) is 13.0 Å². The lowest BCUT2D eigenvalue weighted by molar-refractivity contribution is -0.662. The van der Waals surface area contributed by atoms with Gasteiger partial charge in [-0.2, -0.15) is 0 Å². The Hall–Kier alpha value is -0.570. The van der Waals surface area contributed by atoms with Gasteiger partial charge in [-0.15, -0.1) is 0 Å². The zero-order valence-corrected chi connectivity index (χ0v) is 7.39. The molecule has 1 atom stereocenters. The van der Waals surface area contributed by atoms with E-state index in [1.165, 1.54) is 7.11 Å². The third kappa shape index (κ3) is 1.93. The highest BCUT2D eigenvalue weighted by Crippen LogP contribution is 2.22. The summed E-state index contributed by atoms with van der Waals surface area (Å²) in [5.41, 5.74) is 0.291. The van der Waals surface area contributed by atoms with Gasteiger partial charge in [-0.1, -0.05) is 13.8 Å². The van der Waals surface area contributed by atoms with Gasteiger partial charge in [0.15, 0.2) is 6.04 Å². The van der Waals surface area contributed by atoms with Crippen molar-refractivity contribution in [3.8, 4) is 0 Å². The lowest BCUT2D eigenvalue weighted by Crippen LogP contribution is -2.89. The zero-order chi connectivity index (χ0) is 8.48. The molecule has 1 fully saturated rings. The Morgan fingerprint density at radius 1 is 1.64 bits per heavy atom. The summed E-state index contributed by atoms with van der Waals surface area (Å²) >= 11 is 0. The minimum Gasteiger partial charge on any atom is -0.465 e. The van der Waals surface area contributed by atoms with E-state index >= 15 is 0 Å². The molecular formula is C8H16NO2+. The Bertz CT molecular complexity index is 165. The average Bonchev–Trinajstić information content (AvgIpc) is 2.29. The molecule has 3 heteroatoms. The van der Waals surface area contributed by atoms with E-state index in [-0.39, 0.29) is 12.0 Å². The number of esters is 1. The van der Waals surface area contributed by atoms with Gasteiger partial charge in [0.25, 0.3) is 0 Å². The Morgan fingerprint density at radius 3 is 2.64 bits per heavy atom. The van der Waals surface area contributed by atoms with Crippen LogP contribution in [0.15, 0.2) is 0 Å². The van der Waals surface area contributed by atoms with Crippen molar-refractivity contribution in [2.45, 2.75) is 26.3 Å². The monoisotopic (exact) mass is 158 g/mol. The summed E-state index contributed by atoms with van der Waals surface area (Å²) < 4.78 is 4.66. The number of hydrogen-bond acceptors (Lipinski definition) is 2. The molecule has 0 aliphatic carbocycles. The molecule has 0 bridgehead atoms. The van der Waals surface area contributed by atoms with Crippen LogP contribution in [0, 0.1) is 5.41 Å². The smallest absolute Gasteiger partial charge is 0.364 e. The summed E-state index contributed by atoms with van der Waals surface area (Å²) in [6.45, 7) is 5.37. The van der Waals surface area contributed by atoms with E-state index in [0.29, 0.717) is 5.41 Å². The van der Waals surface area contributed by atoms with Gasteiger partial charge in [0.1, 0.15) is 0 Å². The van der Waals surface area contributed by atoms with Crippen LogP contribution in [-0.4, -0.2) is 25.7 Å². The van der Waals surface area contributed by atoms with Crippen LogP contribution >= 0.6 is 0 Å². The fraction of sp³-hybridized carbons (Fsp3) is 0.875. The summed E-state index contributed by atoms with van der Waals surface area (Å²) in [6, 6.07) is 0.0370. The largest absolute Gasteiger partial charge is 0.465 e. The first-order valence-electron chi connectivity index (χ1n) is 3.96. The maximum Gasteiger partial charge on any atom is 0.364 e. The third-order valence-corrected chi connectivity index (χ3v) is 2.23. The van der Waals surface area contributed by atoms with Crippen molar-refractivity contribution in [3.63, 3.8) is 0 Å². The van der Waals surface area contributed by atoms with Crippen LogP contribution in [0.1, 0.15) is 20.3 Å². The molecule has 3 nitrogen and oxygen atoms in total. The van der Waals surface area contributed by atoms with Crippen LogP contribution in [0.5, 0.6) is 0 Å². The Morgan fingerprint density at radius 2 is 2.27 bits per heavy atom. The molecule has 0 aromatic heterocycles. The summed E-state index contributed by atoms with van der Waals surface area (Å²) in [6.07, 6.45) is 0.930. The summed E-state index contributed by atoms with van der Waals surface area (Å²) in [4.78, 5) is 11.0. The molecular weight excluding hydrogens is 142 g/mol. The summed E-state index contributed by atoms with van der Waals surface area (Å²) in [7, 11) is 1.45. The van der Waals surface area contributed by atoms with Crippen LogP contribution in [0.4, 0.5) is 0 Å². The van der Waals surface area contributed by atoms with E-state index < -0.39 is 0 Å². The molecule has 0 aromatic carbocycles. The first kappa shape index (κ1) is 8.53. The van der Waals surface area contributed by atoms with E-state index in [4.69, 9.17) is 0 Å². The maximum atomic E-state index is 11.0. The number of carbonyl (C=O) groups is 1. The predicted molar refractivity (Wildman–Crippen MR) is 41.0 cm³/mol. The lowest BCUT2D eigenvalue weighted by atomic mass is 9.91. The number of hydrogen-bond donors (Lipinski definition) is 1. The number of quaternary nitrogens is 1. The first-order chi connectivity index (χ1) is 5.05. The molecule has 1 rings (SSSR count).